The van der Waals surface area contributed by atoms with E-state index in [4.69, 9.17) is 0 Å². The number of sulfonamides is 1. The highest BCUT2D eigenvalue weighted by atomic mass is 32.2. The van der Waals surface area contributed by atoms with E-state index in [9.17, 15) is 23.1 Å². The Kier molecular flexibility index (Phi) is 8.26. The number of aryl methyl sites for hydroxylation is 1. The first-order valence-electron chi connectivity index (χ1n) is 11.5. The minimum atomic E-state index is -3.48. The van der Waals surface area contributed by atoms with Gasteiger partial charge in [0.2, 0.25) is 15.9 Å². The summed E-state index contributed by atoms with van der Waals surface area (Å²) in [6.07, 6.45) is 2.14. The zero-order valence-corrected chi connectivity index (χ0v) is 20.1. The molecular weight excluding hydrogens is 440 g/mol. The van der Waals surface area contributed by atoms with Crippen LogP contribution in [0, 0.1) is 5.92 Å². The number of aromatic hydroxyl groups is 1. The molecule has 3 rings (SSSR count). The van der Waals surface area contributed by atoms with Gasteiger partial charge in [-0.1, -0.05) is 26.0 Å². The number of phenolic OH excluding ortho intramolecular Hbond substituents is 1. The van der Waals surface area contributed by atoms with Crippen molar-refractivity contribution in [3.05, 3.63) is 59.7 Å². The molecule has 0 spiro atoms. The van der Waals surface area contributed by atoms with Gasteiger partial charge in [-0.2, -0.15) is 4.31 Å². The van der Waals surface area contributed by atoms with E-state index >= 15 is 0 Å². The minimum Gasteiger partial charge on any atom is -0.508 e. The fourth-order valence-corrected chi connectivity index (χ4v) is 5.66. The Hall–Kier alpha value is -2.71. The summed E-state index contributed by atoms with van der Waals surface area (Å²) in [4.78, 5) is 27.4. The van der Waals surface area contributed by atoms with Crippen LogP contribution in [-0.2, 0) is 21.2 Å². The van der Waals surface area contributed by atoms with E-state index in [1.165, 1.54) is 16.4 Å². The fraction of sp³-hybridized carbons (Fsp3) is 0.440. The summed E-state index contributed by atoms with van der Waals surface area (Å²) >= 11 is 0. The molecule has 1 amide bonds. The second-order valence-electron chi connectivity index (χ2n) is 8.30. The zero-order valence-electron chi connectivity index (χ0n) is 19.2. The number of nitrogens with zero attached hydrogens (tertiary/aromatic N) is 2. The van der Waals surface area contributed by atoms with Crippen LogP contribution in [0.1, 0.15) is 49.0 Å². The third-order valence-corrected chi connectivity index (χ3v) is 8.33. The highest BCUT2D eigenvalue weighted by Crippen LogP contribution is 2.24. The lowest BCUT2D eigenvalue weighted by Gasteiger charge is -2.31. The molecule has 0 aliphatic carbocycles. The minimum absolute atomic E-state index is 0.0466. The first kappa shape index (κ1) is 24.9. The van der Waals surface area contributed by atoms with Crippen molar-refractivity contribution in [3.63, 3.8) is 0 Å². The maximum Gasteiger partial charge on any atom is 0.243 e. The van der Waals surface area contributed by atoms with Crippen LogP contribution in [0.3, 0.4) is 0 Å². The summed E-state index contributed by atoms with van der Waals surface area (Å²) in [5.74, 6) is 0.123. The second-order valence-corrected chi connectivity index (χ2v) is 10.2. The molecule has 7 nitrogen and oxygen atoms in total. The van der Waals surface area contributed by atoms with Crippen LogP contribution in [0.4, 0.5) is 0 Å². The fourth-order valence-electron chi connectivity index (χ4n) is 4.20. The molecule has 0 saturated carbocycles. The van der Waals surface area contributed by atoms with Gasteiger partial charge in [0.1, 0.15) is 5.75 Å². The Labute approximate surface area is 196 Å². The van der Waals surface area contributed by atoms with Gasteiger partial charge < -0.3 is 10.0 Å². The topological polar surface area (TPSA) is 95.0 Å². The molecule has 1 N–H and O–H groups in total. The number of rotatable bonds is 9. The van der Waals surface area contributed by atoms with E-state index in [-0.39, 0.29) is 28.3 Å². The number of hydrogen-bond donors (Lipinski definition) is 1. The number of ketones is 1. The lowest BCUT2D eigenvalue weighted by Crippen LogP contribution is -2.40. The number of likely N-dealkylation sites (tertiary alicyclic amines) is 1. The molecule has 2 aromatic carbocycles. The number of phenols is 1. The predicted molar refractivity (Wildman–Crippen MR) is 127 cm³/mol. The summed E-state index contributed by atoms with van der Waals surface area (Å²) < 4.78 is 26.6. The summed E-state index contributed by atoms with van der Waals surface area (Å²) in [7, 11) is -3.48. The molecule has 1 aliphatic heterocycles. The molecule has 0 unspecified atom stereocenters. The van der Waals surface area contributed by atoms with Gasteiger partial charge in [-0.3, -0.25) is 9.59 Å². The summed E-state index contributed by atoms with van der Waals surface area (Å²) in [6.45, 7) is 5.57. The van der Waals surface area contributed by atoms with Crippen LogP contribution in [0.15, 0.2) is 53.4 Å². The van der Waals surface area contributed by atoms with E-state index in [1.807, 2.05) is 13.8 Å². The molecule has 1 fully saturated rings. The van der Waals surface area contributed by atoms with Crippen LogP contribution in [0.5, 0.6) is 5.75 Å². The normalized spacial score (nSPS) is 15.1. The predicted octanol–water partition coefficient (Wildman–Crippen LogP) is 3.48. The van der Waals surface area contributed by atoms with Crippen LogP contribution in [0.2, 0.25) is 0 Å². The third kappa shape index (κ3) is 6.00. The van der Waals surface area contributed by atoms with Crippen molar-refractivity contribution in [3.8, 4) is 5.75 Å². The molecule has 8 heteroatoms. The molecule has 0 radical (unpaired) electrons. The summed E-state index contributed by atoms with van der Waals surface area (Å²) in [5.41, 5.74) is 1.50. The van der Waals surface area contributed by atoms with Crippen LogP contribution >= 0.6 is 0 Å². The Morgan fingerprint density at radius 1 is 0.970 bits per heavy atom. The average molecular weight is 473 g/mol. The SMILES string of the molecule is CCN(CC)S(=O)(=O)c1ccc(CCC(=O)N2CCC(C(=O)c3ccc(O)cc3)CC2)cc1. The number of piperidine rings is 1. The Morgan fingerprint density at radius 2 is 1.55 bits per heavy atom. The molecule has 178 valence electrons. The molecule has 0 bridgehead atoms. The van der Waals surface area contributed by atoms with Crippen LogP contribution in [-0.4, -0.2) is 60.6 Å². The van der Waals surface area contributed by atoms with Gasteiger partial charge in [-0.05, 0) is 61.2 Å². The molecule has 1 saturated heterocycles. The highest BCUT2D eigenvalue weighted by molar-refractivity contribution is 7.89. The highest BCUT2D eigenvalue weighted by Gasteiger charge is 2.28. The zero-order chi connectivity index (χ0) is 24.0. The van der Waals surface area contributed by atoms with Gasteiger partial charge in [-0.15, -0.1) is 0 Å². The molecule has 1 aliphatic rings. The van der Waals surface area contributed by atoms with Crippen molar-refractivity contribution in [1.29, 1.82) is 0 Å². The first-order chi connectivity index (χ1) is 15.8. The molecule has 2 aromatic rings. The van der Waals surface area contributed by atoms with Crippen LogP contribution < -0.4 is 0 Å². The molecule has 0 atom stereocenters. The molecular formula is C25H32N2O5S. The van der Waals surface area contributed by atoms with E-state index in [2.05, 4.69) is 0 Å². The number of benzene rings is 2. The van der Waals surface area contributed by atoms with E-state index < -0.39 is 10.0 Å². The summed E-state index contributed by atoms with van der Waals surface area (Å²) in [5, 5.41) is 9.39. The van der Waals surface area contributed by atoms with Gasteiger partial charge in [0.15, 0.2) is 5.78 Å². The quantitative estimate of drug-likeness (QED) is 0.564. The Balaban J connectivity index is 1.49. The molecule has 33 heavy (non-hydrogen) atoms. The lowest BCUT2D eigenvalue weighted by atomic mass is 9.88. The maximum atomic E-state index is 12.7. The maximum absolute atomic E-state index is 12.7. The van der Waals surface area contributed by atoms with Gasteiger partial charge in [0, 0.05) is 44.1 Å². The van der Waals surface area contributed by atoms with E-state index in [0.717, 1.165) is 5.56 Å². The van der Waals surface area contributed by atoms with Crippen molar-refractivity contribution in [2.75, 3.05) is 26.2 Å². The van der Waals surface area contributed by atoms with Crippen LogP contribution in [0.25, 0.3) is 0 Å². The van der Waals surface area contributed by atoms with E-state index in [1.54, 1.807) is 41.3 Å². The smallest absolute Gasteiger partial charge is 0.243 e. The average Bonchev–Trinajstić information content (AvgIpc) is 2.83. The van der Waals surface area contributed by atoms with Crippen molar-refractivity contribution in [1.82, 2.24) is 9.21 Å². The number of amides is 1. The first-order valence-corrected chi connectivity index (χ1v) is 12.9. The number of Topliss-reactive ketones (excluding diaryl/α,β-unsaturated/α-hetero) is 1. The van der Waals surface area contributed by atoms with E-state index in [0.29, 0.717) is 57.4 Å². The van der Waals surface area contributed by atoms with Gasteiger partial charge in [0.25, 0.3) is 0 Å². The number of carbonyl (C=O) groups excluding carboxylic acids is 2. The molecule has 1 heterocycles. The van der Waals surface area contributed by atoms with Crippen molar-refractivity contribution in [2.24, 2.45) is 5.92 Å². The lowest BCUT2D eigenvalue weighted by molar-refractivity contribution is -0.132. The Morgan fingerprint density at radius 3 is 2.09 bits per heavy atom. The third-order valence-electron chi connectivity index (χ3n) is 6.26. The standard InChI is InChI=1S/C25H32N2O5S/c1-3-27(4-2)33(31,32)23-12-5-19(6-13-23)7-14-24(29)26-17-15-21(16-18-26)25(30)20-8-10-22(28)11-9-20/h5-6,8-13,21,28H,3-4,7,14-18H2,1-2H3. The van der Waals surface area contributed by atoms with Crippen molar-refractivity contribution in [2.45, 2.75) is 44.4 Å². The van der Waals surface area contributed by atoms with Gasteiger partial charge >= 0.3 is 0 Å². The second kappa shape index (κ2) is 10.9. The number of hydrogen-bond acceptors (Lipinski definition) is 5. The summed E-state index contributed by atoms with van der Waals surface area (Å²) in [6, 6.07) is 13.0. The monoisotopic (exact) mass is 472 g/mol. The Bertz CT molecular complexity index is 1050. The van der Waals surface area contributed by atoms with Gasteiger partial charge in [0.05, 0.1) is 4.90 Å². The van der Waals surface area contributed by atoms with Crippen molar-refractivity contribution < 1.29 is 23.1 Å². The molecule has 0 aromatic heterocycles. The largest absolute Gasteiger partial charge is 0.508 e. The van der Waals surface area contributed by atoms with Crippen molar-refractivity contribution >= 4 is 21.7 Å². The van der Waals surface area contributed by atoms with Gasteiger partial charge in [-0.25, -0.2) is 8.42 Å². The number of carbonyl (C=O) groups is 2.